The average molecular weight is 486 g/mol. The van der Waals surface area contributed by atoms with E-state index in [4.69, 9.17) is 14.2 Å². The summed E-state index contributed by atoms with van der Waals surface area (Å²) in [5, 5.41) is 6.40. The van der Waals surface area contributed by atoms with Gasteiger partial charge in [-0.05, 0) is 13.3 Å². The van der Waals surface area contributed by atoms with E-state index in [1.165, 1.54) is 0 Å². The summed E-state index contributed by atoms with van der Waals surface area (Å²) in [6, 6.07) is 0. The molecular formula is C16H31IN4O3S. The Kier molecular flexibility index (Phi) is 14.4. The second-order valence-electron chi connectivity index (χ2n) is 5.34. The van der Waals surface area contributed by atoms with E-state index in [0.29, 0.717) is 26.4 Å². The first-order valence-corrected chi connectivity index (χ1v) is 8.95. The van der Waals surface area contributed by atoms with E-state index in [-0.39, 0.29) is 30.1 Å². The van der Waals surface area contributed by atoms with Gasteiger partial charge in [-0.3, -0.25) is 4.99 Å². The Balaban J connectivity index is 0.00000576. The van der Waals surface area contributed by atoms with Gasteiger partial charge in [0, 0.05) is 46.8 Å². The van der Waals surface area contributed by atoms with E-state index in [2.05, 4.69) is 25.6 Å². The molecule has 1 heterocycles. The zero-order chi connectivity index (χ0) is 17.8. The summed E-state index contributed by atoms with van der Waals surface area (Å²) in [6.07, 6.45) is 0.951. The Morgan fingerprint density at radius 3 is 2.76 bits per heavy atom. The van der Waals surface area contributed by atoms with Crippen LogP contribution < -0.4 is 5.32 Å². The van der Waals surface area contributed by atoms with Crippen LogP contribution in [0, 0.1) is 0 Å². The van der Waals surface area contributed by atoms with Crippen LogP contribution in [0.1, 0.15) is 30.2 Å². The maximum atomic E-state index is 5.44. The van der Waals surface area contributed by atoms with Crippen molar-refractivity contribution in [2.75, 3.05) is 54.7 Å². The Labute approximate surface area is 172 Å². The van der Waals surface area contributed by atoms with Crippen molar-refractivity contribution in [1.82, 2.24) is 15.2 Å². The van der Waals surface area contributed by atoms with Crippen molar-refractivity contribution < 1.29 is 14.2 Å². The van der Waals surface area contributed by atoms with Gasteiger partial charge in [0.05, 0.1) is 25.5 Å². The van der Waals surface area contributed by atoms with Crippen LogP contribution in [-0.4, -0.2) is 70.5 Å². The fraction of sp³-hybridized carbons (Fsp3) is 0.750. The first kappa shape index (κ1) is 24.5. The van der Waals surface area contributed by atoms with Crippen LogP contribution in [0.25, 0.3) is 0 Å². The first-order valence-electron chi connectivity index (χ1n) is 8.07. The molecule has 0 fully saturated rings. The van der Waals surface area contributed by atoms with Gasteiger partial charge >= 0.3 is 0 Å². The highest BCUT2D eigenvalue weighted by Crippen LogP contribution is 2.20. The van der Waals surface area contributed by atoms with Crippen LogP contribution >= 0.6 is 35.3 Å². The van der Waals surface area contributed by atoms with E-state index in [1.54, 1.807) is 32.6 Å². The fourth-order valence-corrected chi connectivity index (χ4v) is 2.85. The van der Waals surface area contributed by atoms with Gasteiger partial charge in [-0.15, -0.1) is 35.3 Å². The minimum absolute atomic E-state index is 0. The van der Waals surface area contributed by atoms with Gasteiger partial charge in [-0.25, -0.2) is 4.98 Å². The lowest BCUT2D eigenvalue weighted by molar-refractivity contribution is 0.0698. The Hall–Kier alpha value is -0.490. The van der Waals surface area contributed by atoms with Crippen LogP contribution in [-0.2, 0) is 20.8 Å². The highest BCUT2D eigenvalue weighted by Gasteiger charge is 2.12. The third-order valence-electron chi connectivity index (χ3n) is 3.42. The lowest BCUT2D eigenvalue weighted by Gasteiger charge is -2.21. The number of thiazole rings is 1. The van der Waals surface area contributed by atoms with Crippen molar-refractivity contribution >= 4 is 41.3 Å². The molecular weight excluding hydrogens is 455 g/mol. The number of hydrogen-bond donors (Lipinski definition) is 1. The molecule has 1 aromatic rings. The molecule has 9 heteroatoms. The van der Waals surface area contributed by atoms with E-state index < -0.39 is 0 Å². The van der Waals surface area contributed by atoms with Gasteiger partial charge in [-0.2, -0.15) is 0 Å². The van der Waals surface area contributed by atoms with Crippen molar-refractivity contribution in [1.29, 1.82) is 0 Å². The number of aromatic nitrogens is 1. The van der Waals surface area contributed by atoms with Gasteiger partial charge in [0.15, 0.2) is 5.96 Å². The molecule has 1 rings (SSSR count). The maximum Gasteiger partial charge on any atom is 0.193 e. The van der Waals surface area contributed by atoms with Crippen LogP contribution in [0.4, 0.5) is 0 Å². The molecule has 146 valence electrons. The Morgan fingerprint density at radius 1 is 1.36 bits per heavy atom. The standard InChI is InChI=1S/C16H30N4O3S.HI/c1-13(22-5)15-19-14(12-24-15)11-20(3)16(17-2)18-7-6-8-23-10-9-21-4;/h12-13H,6-11H2,1-5H3,(H,17,18);1H. The van der Waals surface area contributed by atoms with Gasteiger partial charge < -0.3 is 24.4 Å². The quantitative estimate of drug-likeness (QED) is 0.225. The molecule has 0 aromatic carbocycles. The van der Waals surface area contributed by atoms with Crippen molar-refractivity contribution in [2.24, 2.45) is 4.99 Å². The second kappa shape index (κ2) is 14.7. The van der Waals surface area contributed by atoms with Crippen molar-refractivity contribution in [3.05, 3.63) is 16.1 Å². The largest absolute Gasteiger partial charge is 0.382 e. The zero-order valence-corrected chi connectivity index (χ0v) is 18.9. The Morgan fingerprint density at radius 2 is 2.12 bits per heavy atom. The van der Waals surface area contributed by atoms with Gasteiger partial charge in [0.1, 0.15) is 11.1 Å². The number of methoxy groups -OCH3 is 2. The van der Waals surface area contributed by atoms with E-state index in [1.807, 2.05) is 14.0 Å². The molecule has 0 radical (unpaired) electrons. The normalized spacial score (nSPS) is 12.6. The molecule has 7 nitrogen and oxygen atoms in total. The third kappa shape index (κ3) is 9.69. The molecule has 1 N–H and O–H groups in total. The molecule has 1 aromatic heterocycles. The van der Waals surface area contributed by atoms with Crippen LogP contribution in [0.15, 0.2) is 10.4 Å². The number of nitrogens with zero attached hydrogens (tertiary/aromatic N) is 3. The van der Waals surface area contributed by atoms with Crippen LogP contribution in [0.3, 0.4) is 0 Å². The number of ether oxygens (including phenoxy) is 3. The predicted octanol–water partition coefficient (Wildman–Crippen LogP) is 2.53. The third-order valence-corrected chi connectivity index (χ3v) is 4.48. The minimum Gasteiger partial charge on any atom is -0.382 e. The van der Waals surface area contributed by atoms with Gasteiger partial charge in [0.2, 0.25) is 0 Å². The number of guanidine groups is 1. The van der Waals surface area contributed by atoms with E-state index in [9.17, 15) is 0 Å². The lowest BCUT2D eigenvalue weighted by Crippen LogP contribution is -2.39. The van der Waals surface area contributed by atoms with Gasteiger partial charge in [0.25, 0.3) is 0 Å². The molecule has 0 spiro atoms. The molecule has 25 heavy (non-hydrogen) atoms. The number of nitrogens with one attached hydrogen (secondary N) is 1. The highest BCUT2D eigenvalue weighted by atomic mass is 127. The summed E-state index contributed by atoms with van der Waals surface area (Å²) in [7, 11) is 7.16. The maximum absolute atomic E-state index is 5.44. The summed E-state index contributed by atoms with van der Waals surface area (Å²) < 4.78 is 15.7. The first-order chi connectivity index (χ1) is 11.6. The topological polar surface area (TPSA) is 68.2 Å². The fourth-order valence-electron chi connectivity index (χ4n) is 2.00. The van der Waals surface area contributed by atoms with E-state index in [0.717, 1.165) is 29.6 Å². The molecule has 0 aliphatic carbocycles. The molecule has 1 unspecified atom stereocenters. The number of aliphatic imine (C=N–C) groups is 1. The van der Waals surface area contributed by atoms with Gasteiger partial charge in [-0.1, -0.05) is 0 Å². The summed E-state index contributed by atoms with van der Waals surface area (Å²) in [5.41, 5.74) is 1.02. The average Bonchev–Trinajstić information content (AvgIpc) is 3.05. The molecule has 0 bridgehead atoms. The minimum atomic E-state index is 0. The summed E-state index contributed by atoms with van der Waals surface area (Å²) in [6.45, 7) is 5.50. The SMILES string of the molecule is CN=C(NCCCOCCOC)N(C)Cc1csc(C(C)OC)n1.I. The summed E-state index contributed by atoms with van der Waals surface area (Å²) in [4.78, 5) is 11.0. The highest BCUT2D eigenvalue weighted by molar-refractivity contribution is 14.0. The molecule has 0 aliphatic rings. The monoisotopic (exact) mass is 486 g/mol. The molecule has 0 saturated heterocycles. The van der Waals surface area contributed by atoms with Crippen molar-refractivity contribution in [3.8, 4) is 0 Å². The van der Waals surface area contributed by atoms with E-state index >= 15 is 0 Å². The molecule has 0 aliphatic heterocycles. The van der Waals surface area contributed by atoms with Crippen LogP contribution in [0.2, 0.25) is 0 Å². The molecule has 0 saturated carbocycles. The lowest BCUT2D eigenvalue weighted by atomic mass is 10.4. The predicted molar refractivity (Wildman–Crippen MR) is 113 cm³/mol. The van der Waals surface area contributed by atoms with Crippen molar-refractivity contribution in [3.63, 3.8) is 0 Å². The number of halogens is 1. The second-order valence-corrected chi connectivity index (χ2v) is 6.23. The smallest absolute Gasteiger partial charge is 0.193 e. The summed E-state index contributed by atoms with van der Waals surface area (Å²) >= 11 is 1.62. The summed E-state index contributed by atoms with van der Waals surface area (Å²) in [5.74, 6) is 0.848. The number of hydrogen-bond acceptors (Lipinski definition) is 6. The molecule has 0 amide bonds. The zero-order valence-electron chi connectivity index (χ0n) is 15.8. The number of rotatable bonds is 11. The van der Waals surface area contributed by atoms with Crippen molar-refractivity contribution in [2.45, 2.75) is 26.0 Å². The van der Waals surface area contributed by atoms with Crippen LogP contribution in [0.5, 0.6) is 0 Å². The molecule has 1 atom stereocenters. The Bertz CT molecular complexity index is 488.